The van der Waals surface area contributed by atoms with Crippen LogP contribution in [0.15, 0.2) is 17.5 Å². The summed E-state index contributed by atoms with van der Waals surface area (Å²) in [5, 5.41) is 14.7. The highest BCUT2D eigenvalue weighted by molar-refractivity contribution is 7.10. The van der Waals surface area contributed by atoms with Crippen LogP contribution in [-0.4, -0.2) is 17.6 Å². The van der Waals surface area contributed by atoms with Crippen molar-refractivity contribution in [3.63, 3.8) is 0 Å². The van der Waals surface area contributed by atoms with Gasteiger partial charge in [0.2, 0.25) is 5.91 Å². The van der Waals surface area contributed by atoms with Gasteiger partial charge in [0.1, 0.15) is 5.60 Å². The number of carbonyl (C=O) groups excluding carboxylic acids is 1. The summed E-state index contributed by atoms with van der Waals surface area (Å²) in [5.74, 6) is -0.0871. The molecule has 2 N–H and O–H groups in total. The van der Waals surface area contributed by atoms with Gasteiger partial charge in [0, 0.05) is 10.8 Å². The molecule has 0 fully saturated rings. The van der Waals surface area contributed by atoms with Crippen molar-refractivity contribution in [2.24, 2.45) is 5.92 Å². The fourth-order valence-electron chi connectivity index (χ4n) is 1.14. The fourth-order valence-corrected chi connectivity index (χ4v) is 1.92. The van der Waals surface area contributed by atoms with E-state index < -0.39 is 5.60 Å². The van der Waals surface area contributed by atoms with Gasteiger partial charge in [-0.3, -0.25) is 4.79 Å². The van der Waals surface area contributed by atoms with Gasteiger partial charge in [-0.15, -0.1) is 11.3 Å². The summed E-state index contributed by atoms with van der Waals surface area (Å²) in [6, 6.07) is 3.75. The predicted octanol–water partition coefficient (Wildman–Crippen LogP) is 1.73. The summed E-state index contributed by atoms with van der Waals surface area (Å²) in [4.78, 5) is 12.2. The molecular weight excluding hydrogens is 210 g/mol. The molecular formula is C11H17NO2S. The topological polar surface area (TPSA) is 49.3 Å². The van der Waals surface area contributed by atoms with Crippen molar-refractivity contribution in [1.82, 2.24) is 5.32 Å². The molecule has 84 valence electrons. The SMILES string of the molecule is CC(C)C(=O)NCC(C)(O)c1cccs1. The number of rotatable bonds is 4. The summed E-state index contributed by atoms with van der Waals surface area (Å²) < 4.78 is 0. The summed E-state index contributed by atoms with van der Waals surface area (Å²) in [6.07, 6.45) is 0. The third-order valence-corrected chi connectivity index (χ3v) is 3.31. The Morgan fingerprint density at radius 3 is 2.80 bits per heavy atom. The van der Waals surface area contributed by atoms with Crippen LogP contribution in [0.5, 0.6) is 0 Å². The molecule has 0 saturated heterocycles. The first kappa shape index (κ1) is 12.2. The lowest BCUT2D eigenvalue weighted by molar-refractivity contribution is -0.125. The van der Waals surface area contributed by atoms with Gasteiger partial charge in [-0.25, -0.2) is 0 Å². The van der Waals surface area contributed by atoms with Gasteiger partial charge in [-0.05, 0) is 18.4 Å². The van der Waals surface area contributed by atoms with Crippen LogP contribution in [0.3, 0.4) is 0 Å². The lowest BCUT2D eigenvalue weighted by Gasteiger charge is -2.22. The van der Waals surface area contributed by atoms with Crippen molar-refractivity contribution in [2.75, 3.05) is 6.54 Å². The third-order valence-electron chi connectivity index (χ3n) is 2.18. The van der Waals surface area contributed by atoms with Crippen LogP contribution in [0.25, 0.3) is 0 Å². The second kappa shape index (κ2) is 4.77. The van der Waals surface area contributed by atoms with E-state index in [0.717, 1.165) is 4.88 Å². The van der Waals surface area contributed by atoms with Crippen molar-refractivity contribution in [1.29, 1.82) is 0 Å². The highest BCUT2D eigenvalue weighted by Gasteiger charge is 2.25. The zero-order chi connectivity index (χ0) is 11.5. The smallest absolute Gasteiger partial charge is 0.222 e. The van der Waals surface area contributed by atoms with Crippen molar-refractivity contribution >= 4 is 17.2 Å². The first-order valence-corrected chi connectivity index (χ1v) is 5.85. The van der Waals surface area contributed by atoms with Gasteiger partial charge in [-0.1, -0.05) is 19.9 Å². The Morgan fingerprint density at radius 2 is 2.33 bits per heavy atom. The first-order chi connectivity index (χ1) is 6.93. The number of nitrogens with one attached hydrogen (secondary N) is 1. The standard InChI is InChI=1S/C11H17NO2S/c1-8(2)10(13)12-7-11(3,14)9-5-4-6-15-9/h4-6,8,14H,7H2,1-3H3,(H,12,13). The zero-order valence-electron chi connectivity index (χ0n) is 9.28. The average Bonchev–Trinajstić information content (AvgIpc) is 2.67. The molecule has 1 atom stereocenters. The molecule has 1 aromatic rings. The molecule has 1 amide bonds. The number of amides is 1. The highest BCUT2D eigenvalue weighted by atomic mass is 32.1. The van der Waals surface area contributed by atoms with Crippen molar-refractivity contribution in [2.45, 2.75) is 26.4 Å². The number of hydrogen-bond acceptors (Lipinski definition) is 3. The van der Waals surface area contributed by atoms with Gasteiger partial charge in [-0.2, -0.15) is 0 Å². The Balaban J connectivity index is 2.54. The summed E-state index contributed by atoms with van der Waals surface area (Å²) in [7, 11) is 0. The van der Waals surface area contributed by atoms with Crippen LogP contribution in [0.4, 0.5) is 0 Å². The van der Waals surface area contributed by atoms with Crippen LogP contribution in [-0.2, 0) is 10.4 Å². The Morgan fingerprint density at radius 1 is 1.67 bits per heavy atom. The van der Waals surface area contributed by atoms with E-state index in [1.54, 1.807) is 6.92 Å². The molecule has 15 heavy (non-hydrogen) atoms. The third kappa shape index (κ3) is 3.32. The number of thiophene rings is 1. The van der Waals surface area contributed by atoms with E-state index in [2.05, 4.69) is 5.32 Å². The lowest BCUT2D eigenvalue weighted by atomic mass is 10.0. The van der Waals surface area contributed by atoms with E-state index in [-0.39, 0.29) is 18.4 Å². The van der Waals surface area contributed by atoms with E-state index in [4.69, 9.17) is 0 Å². The van der Waals surface area contributed by atoms with E-state index in [9.17, 15) is 9.90 Å². The van der Waals surface area contributed by atoms with Crippen LogP contribution < -0.4 is 5.32 Å². The summed E-state index contributed by atoms with van der Waals surface area (Å²) in [5.41, 5.74) is -0.973. The van der Waals surface area contributed by atoms with Gasteiger partial charge >= 0.3 is 0 Å². The van der Waals surface area contributed by atoms with E-state index in [1.165, 1.54) is 11.3 Å². The minimum atomic E-state index is -0.973. The molecule has 1 rings (SSSR count). The maximum atomic E-state index is 11.3. The second-order valence-electron chi connectivity index (χ2n) is 4.12. The zero-order valence-corrected chi connectivity index (χ0v) is 10.1. The van der Waals surface area contributed by atoms with Crippen molar-refractivity contribution < 1.29 is 9.90 Å². The van der Waals surface area contributed by atoms with Crippen LogP contribution in [0.2, 0.25) is 0 Å². The largest absolute Gasteiger partial charge is 0.383 e. The first-order valence-electron chi connectivity index (χ1n) is 4.97. The molecule has 1 heterocycles. The minimum Gasteiger partial charge on any atom is -0.383 e. The molecule has 0 radical (unpaired) electrons. The molecule has 1 aromatic heterocycles. The van der Waals surface area contributed by atoms with Crippen LogP contribution >= 0.6 is 11.3 Å². The van der Waals surface area contributed by atoms with Crippen molar-refractivity contribution in [3.8, 4) is 0 Å². The van der Waals surface area contributed by atoms with Gasteiger partial charge in [0.15, 0.2) is 0 Å². The van der Waals surface area contributed by atoms with Gasteiger partial charge in [0.05, 0.1) is 6.54 Å². The predicted molar refractivity (Wildman–Crippen MR) is 61.7 cm³/mol. The van der Waals surface area contributed by atoms with Crippen LogP contribution in [0, 0.1) is 5.92 Å². The average molecular weight is 227 g/mol. The molecule has 0 aliphatic rings. The molecule has 0 bridgehead atoms. The molecule has 0 aliphatic heterocycles. The second-order valence-corrected chi connectivity index (χ2v) is 5.07. The fraction of sp³-hybridized carbons (Fsp3) is 0.545. The number of carbonyl (C=O) groups is 1. The molecule has 3 nitrogen and oxygen atoms in total. The van der Waals surface area contributed by atoms with E-state index >= 15 is 0 Å². The summed E-state index contributed by atoms with van der Waals surface area (Å²) in [6.45, 7) is 5.62. The molecule has 4 heteroatoms. The number of hydrogen-bond donors (Lipinski definition) is 2. The van der Waals surface area contributed by atoms with Crippen LogP contribution in [0.1, 0.15) is 25.6 Å². The summed E-state index contributed by atoms with van der Waals surface area (Å²) >= 11 is 1.49. The van der Waals surface area contributed by atoms with E-state index in [1.807, 2.05) is 31.4 Å². The maximum Gasteiger partial charge on any atom is 0.222 e. The number of aliphatic hydroxyl groups is 1. The monoisotopic (exact) mass is 227 g/mol. The lowest BCUT2D eigenvalue weighted by Crippen LogP contribution is -2.39. The Bertz CT molecular complexity index is 317. The Labute approximate surface area is 94.1 Å². The maximum absolute atomic E-state index is 11.3. The Kier molecular flexibility index (Phi) is 3.88. The van der Waals surface area contributed by atoms with Gasteiger partial charge < -0.3 is 10.4 Å². The quantitative estimate of drug-likeness (QED) is 0.823. The molecule has 0 aromatic carbocycles. The molecule has 0 spiro atoms. The van der Waals surface area contributed by atoms with Gasteiger partial charge in [0.25, 0.3) is 0 Å². The highest BCUT2D eigenvalue weighted by Crippen LogP contribution is 2.24. The molecule has 0 aliphatic carbocycles. The Hall–Kier alpha value is -0.870. The normalized spacial score (nSPS) is 15.0. The minimum absolute atomic E-state index is 0.0353. The molecule has 1 unspecified atom stereocenters. The van der Waals surface area contributed by atoms with E-state index in [0.29, 0.717) is 0 Å². The molecule has 0 saturated carbocycles. The van der Waals surface area contributed by atoms with Crippen molar-refractivity contribution in [3.05, 3.63) is 22.4 Å².